The van der Waals surface area contributed by atoms with Crippen molar-refractivity contribution >= 4 is 11.5 Å². The quantitative estimate of drug-likeness (QED) is 0.843. The Kier molecular flexibility index (Phi) is 5.68. The van der Waals surface area contributed by atoms with E-state index in [4.69, 9.17) is 0 Å². The van der Waals surface area contributed by atoms with Crippen molar-refractivity contribution in [2.75, 3.05) is 45.1 Å². The zero-order valence-electron chi connectivity index (χ0n) is 15.2. The van der Waals surface area contributed by atoms with Gasteiger partial charge in [-0.15, -0.1) is 0 Å². The van der Waals surface area contributed by atoms with Gasteiger partial charge in [0.15, 0.2) is 5.65 Å². The Labute approximate surface area is 144 Å². The lowest BCUT2D eigenvalue weighted by molar-refractivity contribution is 0.116. The molecule has 2 aromatic heterocycles. The van der Waals surface area contributed by atoms with Crippen LogP contribution in [0.25, 0.3) is 5.65 Å². The summed E-state index contributed by atoms with van der Waals surface area (Å²) >= 11 is 0. The number of piperazine rings is 1. The molecule has 3 heterocycles. The Bertz CT molecular complexity index is 644. The summed E-state index contributed by atoms with van der Waals surface area (Å²) in [5.74, 6) is 1.05. The fraction of sp³-hybridized carbons (Fsp3) is 0.667. The first-order chi connectivity index (χ1) is 11.7. The van der Waals surface area contributed by atoms with Crippen molar-refractivity contribution in [3.05, 3.63) is 24.0 Å². The maximum Gasteiger partial charge on any atom is 0.157 e. The van der Waals surface area contributed by atoms with Gasteiger partial charge in [-0.3, -0.25) is 4.90 Å². The molecule has 0 unspecified atom stereocenters. The van der Waals surface area contributed by atoms with Gasteiger partial charge < -0.3 is 10.2 Å². The van der Waals surface area contributed by atoms with E-state index in [1.165, 1.54) is 26.2 Å². The van der Waals surface area contributed by atoms with Gasteiger partial charge in [0, 0.05) is 56.6 Å². The Morgan fingerprint density at radius 1 is 1.25 bits per heavy atom. The molecule has 1 aliphatic rings. The van der Waals surface area contributed by atoms with Crippen molar-refractivity contribution in [3.8, 4) is 0 Å². The van der Waals surface area contributed by atoms with Crippen LogP contribution in [0.2, 0.25) is 0 Å². The third-order valence-electron chi connectivity index (χ3n) is 4.95. The van der Waals surface area contributed by atoms with Crippen molar-refractivity contribution in [1.82, 2.24) is 24.4 Å². The highest BCUT2D eigenvalue weighted by Crippen LogP contribution is 2.14. The number of aryl methyl sites for hydroxylation is 1. The van der Waals surface area contributed by atoms with Gasteiger partial charge in [0.05, 0.1) is 6.20 Å². The smallest absolute Gasteiger partial charge is 0.157 e. The summed E-state index contributed by atoms with van der Waals surface area (Å²) < 4.78 is 1.90. The predicted molar refractivity (Wildman–Crippen MR) is 98.6 cm³/mol. The molecule has 0 spiro atoms. The van der Waals surface area contributed by atoms with Crippen molar-refractivity contribution in [2.24, 2.45) is 0 Å². The summed E-state index contributed by atoms with van der Waals surface area (Å²) in [7, 11) is 2.20. The van der Waals surface area contributed by atoms with Gasteiger partial charge in [0.25, 0.3) is 0 Å². The van der Waals surface area contributed by atoms with Gasteiger partial charge in [-0.05, 0) is 26.8 Å². The minimum atomic E-state index is 0.608. The summed E-state index contributed by atoms with van der Waals surface area (Å²) in [6, 6.07) is 4.72. The van der Waals surface area contributed by atoms with E-state index in [9.17, 15) is 0 Å². The fourth-order valence-electron chi connectivity index (χ4n) is 3.33. The number of aromatic nitrogens is 3. The van der Waals surface area contributed by atoms with Gasteiger partial charge in [0.1, 0.15) is 5.82 Å². The summed E-state index contributed by atoms with van der Waals surface area (Å²) in [5.41, 5.74) is 2.07. The average Bonchev–Trinajstić information content (AvgIpc) is 3.04. The van der Waals surface area contributed by atoms with E-state index in [-0.39, 0.29) is 0 Å². The van der Waals surface area contributed by atoms with Crippen LogP contribution in [-0.2, 0) is 6.42 Å². The maximum absolute atomic E-state index is 4.66. The van der Waals surface area contributed by atoms with Crippen LogP contribution in [0.15, 0.2) is 18.3 Å². The van der Waals surface area contributed by atoms with Gasteiger partial charge in [-0.1, -0.05) is 13.3 Å². The van der Waals surface area contributed by atoms with Crippen LogP contribution in [0, 0.1) is 0 Å². The Balaban J connectivity index is 1.58. The number of anilines is 1. The second-order valence-electron chi connectivity index (χ2n) is 6.89. The predicted octanol–water partition coefficient (Wildman–Crippen LogP) is 2.12. The maximum atomic E-state index is 4.66. The van der Waals surface area contributed by atoms with Crippen LogP contribution in [0.3, 0.4) is 0 Å². The van der Waals surface area contributed by atoms with Gasteiger partial charge in [0.2, 0.25) is 0 Å². The van der Waals surface area contributed by atoms with Crippen LogP contribution in [0.1, 0.15) is 32.4 Å². The molecule has 2 aromatic rings. The summed E-state index contributed by atoms with van der Waals surface area (Å²) in [5, 5.41) is 7.97. The molecule has 0 aromatic carbocycles. The molecule has 1 aliphatic heterocycles. The van der Waals surface area contributed by atoms with Crippen molar-refractivity contribution in [1.29, 1.82) is 0 Å². The normalized spacial score (nSPS) is 18.1. The van der Waals surface area contributed by atoms with E-state index in [1.807, 2.05) is 16.8 Å². The first-order valence-corrected chi connectivity index (χ1v) is 9.17. The average molecular weight is 330 g/mol. The first-order valence-electron chi connectivity index (χ1n) is 9.17. The Morgan fingerprint density at radius 2 is 2.04 bits per heavy atom. The fourth-order valence-corrected chi connectivity index (χ4v) is 3.33. The van der Waals surface area contributed by atoms with Crippen LogP contribution in [0.4, 0.5) is 5.82 Å². The third-order valence-corrected chi connectivity index (χ3v) is 4.95. The molecule has 1 N–H and O–H groups in total. The second kappa shape index (κ2) is 7.94. The Hall–Kier alpha value is -1.66. The number of hydrogen-bond acceptors (Lipinski definition) is 5. The molecular formula is C18H30N6. The van der Waals surface area contributed by atoms with E-state index >= 15 is 0 Å². The lowest BCUT2D eigenvalue weighted by Gasteiger charge is -2.36. The van der Waals surface area contributed by atoms with E-state index in [0.717, 1.165) is 43.0 Å². The number of hydrogen-bond donors (Lipinski definition) is 1. The van der Waals surface area contributed by atoms with Crippen molar-refractivity contribution < 1.29 is 0 Å². The van der Waals surface area contributed by atoms with E-state index < -0.39 is 0 Å². The molecule has 0 saturated carbocycles. The molecule has 0 amide bonds. The number of likely N-dealkylation sites (N-methyl/N-ethyl adjacent to an activating group) is 1. The molecule has 3 rings (SSSR count). The number of fused-ring (bicyclic) bond motifs is 1. The van der Waals surface area contributed by atoms with Gasteiger partial charge in [-0.2, -0.15) is 9.61 Å². The molecule has 6 nitrogen and oxygen atoms in total. The van der Waals surface area contributed by atoms with Crippen molar-refractivity contribution in [2.45, 2.75) is 39.2 Å². The molecule has 1 saturated heterocycles. The third kappa shape index (κ3) is 4.05. The minimum Gasteiger partial charge on any atom is -0.370 e. The molecular weight excluding hydrogens is 300 g/mol. The lowest BCUT2D eigenvalue weighted by atomic mass is 10.1. The summed E-state index contributed by atoms with van der Waals surface area (Å²) in [4.78, 5) is 9.66. The molecule has 0 bridgehead atoms. The molecule has 132 valence electrons. The molecule has 1 atom stereocenters. The monoisotopic (exact) mass is 330 g/mol. The topological polar surface area (TPSA) is 48.7 Å². The molecule has 6 heteroatoms. The highest BCUT2D eigenvalue weighted by molar-refractivity contribution is 5.49. The zero-order chi connectivity index (χ0) is 16.9. The second-order valence-corrected chi connectivity index (χ2v) is 6.89. The zero-order valence-corrected chi connectivity index (χ0v) is 15.2. The Morgan fingerprint density at radius 3 is 2.79 bits per heavy atom. The van der Waals surface area contributed by atoms with Crippen LogP contribution in [-0.4, -0.2) is 70.2 Å². The molecule has 1 fully saturated rings. The lowest BCUT2D eigenvalue weighted by Crippen LogP contribution is -2.48. The van der Waals surface area contributed by atoms with E-state index in [2.05, 4.69) is 52.2 Å². The standard InChI is InChI=1S/C18H30N6/c1-4-5-16-14-18(24-17(21-16)7-9-20-24)19-8-6-15(2)23-12-10-22(3)11-13-23/h7,9,14-15,19H,4-6,8,10-13H2,1-3H3/t15-/m0/s1. The van der Waals surface area contributed by atoms with Crippen LogP contribution < -0.4 is 5.32 Å². The van der Waals surface area contributed by atoms with E-state index in [1.54, 1.807) is 0 Å². The SMILES string of the molecule is CCCc1cc(NCC[C@H](C)N2CCN(C)CC2)n2nccc2n1. The largest absolute Gasteiger partial charge is 0.370 e. The van der Waals surface area contributed by atoms with Gasteiger partial charge >= 0.3 is 0 Å². The van der Waals surface area contributed by atoms with Gasteiger partial charge in [-0.25, -0.2) is 4.98 Å². The van der Waals surface area contributed by atoms with E-state index in [0.29, 0.717) is 6.04 Å². The summed E-state index contributed by atoms with van der Waals surface area (Å²) in [6.07, 6.45) is 5.07. The van der Waals surface area contributed by atoms with Crippen molar-refractivity contribution in [3.63, 3.8) is 0 Å². The van der Waals surface area contributed by atoms with Crippen LogP contribution in [0.5, 0.6) is 0 Å². The number of nitrogens with zero attached hydrogens (tertiary/aromatic N) is 5. The first kappa shape index (κ1) is 17.2. The highest BCUT2D eigenvalue weighted by atomic mass is 15.3. The molecule has 0 aliphatic carbocycles. The number of rotatable bonds is 7. The van der Waals surface area contributed by atoms with Crippen LogP contribution >= 0.6 is 0 Å². The summed E-state index contributed by atoms with van der Waals surface area (Å²) in [6.45, 7) is 10.2. The number of nitrogens with one attached hydrogen (secondary N) is 1. The highest BCUT2D eigenvalue weighted by Gasteiger charge is 2.18. The minimum absolute atomic E-state index is 0.608. The molecule has 0 radical (unpaired) electrons. The molecule has 24 heavy (non-hydrogen) atoms.